The van der Waals surface area contributed by atoms with Crippen molar-refractivity contribution in [2.24, 2.45) is 5.73 Å². The normalized spacial score (nSPS) is 27.9. The molecule has 2 fully saturated rings. The number of piperazine rings is 1. The van der Waals surface area contributed by atoms with E-state index in [1.165, 1.54) is 38.8 Å². The standard InChI is InChI=1S/C15H28N4/c1-13(11-15(2,17)12-16)18-7-9-19(10-8-18)14-5-3-4-6-14/h13-14H,3-11,17H2,1-2H3. The van der Waals surface area contributed by atoms with Gasteiger partial charge in [0.05, 0.1) is 6.07 Å². The highest BCUT2D eigenvalue weighted by Crippen LogP contribution is 2.25. The minimum Gasteiger partial charge on any atom is -0.314 e. The molecular weight excluding hydrogens is 236 g/mol. The molecular formula is C15H28N4. The molecule has 2 rings (SSSR count). The van der Waals surface area contributed by atoms with Crippen molar-refractivity contribution >= 4 is 0 Å². The van der Waals surface area contributed by atoms with Gasteiger partial charge in [-0.15, -0.1) is 0 Å². The number of hydrogen-bond donors (Lipinski definition) is 1. The minimum atomic E-state index is -0.692. The number of nitriles is 1. The van der Waals surface area contributed by atoms with Gasteiger partial charge in [0.2, 0.25) is 0 Å². The highest BCUT2D eigenvalue weighted by molar-refractivity contribution is 5.03. The van der Waals surface area contributed by atoms with E-state index < -0.39 is 5.54 Å². The molecule has 0 radical (unpaired) electrons. The van der Waals surface area contributed by atoms with Crippen LogP contribution in [0, 0.1) is 11.3 Å². The Morgan fingerprint density at radius 2 is 1.84 bits per heavy atom. The molecule has 0 spiro atoms. The number of nitrogens with zero attached hydrogens (tertiary/aromatic N) is 3. The second-order valence-electron chi connectivity index (χ2n) is 6.59. The van der Waals surface area contributed by atoms with E-state index in [0.29, 0.717) is 6.04 Å². The molecule has 1 aliphatic carbocycles. The molecule has 1 saturated carbocycles. The summed E-state index contributed by atoms with van der Waals surface area (Å²) in [5.74, 6) is 0. The quantitative estimate of drug-likeness (QED) is 0.837. The van der Waals surface area contributed by atoms with Crippen LogP contribution in [0.15, 0.2) is 0 Å². The van der Waals surface area contributed by atoms with E-state index in [2.05, 4.69) is 22.8 Å². The van der Waals surface area contributed by atoms with E-state index in [1.807, 2.05) is 6.92 Å². The largest absolute Gasteiger partial charge is 0.314 e. The lowest BCUT2D eigenvalue weighted by Gasteiger charge is -2.41. The first kappa shape index (κ1) is 14.8. The molecule has 1 aliphatic heterocycles. The van der Waals surface area contributed by atoms with Gasteiger partial charge in [0.25, 0.3) is 0 Å². The fourth-order valence-corrected chi connectivity index (χ4v) is 3.60. The summed E-state index contributed by atoms with van der Waals surface area (Å²) < 4.78 is 0. The van der Waals surface area contributed by atoms with Gasteiger partial charge in [0, 0.05) is 38.3 Å². The third-order valence-corrected chi connectivity index (χ3v) is 4.79. The molecule has 0 aromatic carbocycles. The summed E-state index contributed by atoms with van der Waals surface area (Å²) in [7, 11) is 0. The molecule has 0 aromatic rings. The van der Waals surface area contributed by atoms with Crippen LogP contribution in [-0.2, 0) is 0 Å². The fourth-order valence-electron chi connectivity index (χ4n) is 3.60. The van der Waals surface area contributed by atoms with Crippen molar-refractivity contribution < 1.29 is 0 Å². The monoisotopic (exact) mass is 264 g/mol. The Balaban J connectivity index is 1.78. The average Bonchev–Trinajstić information content (AvgIpc) is 2.92. The minimum absolute atomic E-state index is 0.403. The third kappa shape index (κ3) is 3.92. The summed E-state index contributed by atoms with van der Waals surface area (Å²) in [6.45, 7) is 8.65. The lowest BCUT2D eigenvalue weighted by Crippen LogP contribution is -2.53. The molecule has 0 bridgehead atoms. The van der Waals surface area contributed by atoms with Crippen LogP contribution in [0.1, 0.15) is 46.0 Å². The third-order valence-electron chi connectivity index (χ3n) is 4.79. The van der Waals surface area contributed by atoms with E-state index in [9.17, 15) is 0 Å². The van der Waals surface area contributed by atoms with Crippen molar-refractivity contribution in [2.75, 3.05) is 26.2 Å². The van der Waals surface area contributed by atoms with Gasteiger partial charge in [0.15, 0.2) is 0 Å². The van der Waals surface area contributed by atoms with Gasteiger partial charge in [-0.3, -0.25) is 9.80 Å². The summed E-state index contributed by atoms with van der Waals surface area (Å²) in [6, 6.07) is 3.45. The van der Waals surface area contributed by atoms with Crippen molar-refractivity contribution in [1.29, 1.82) is 5.26 Å². The van der Waals surface area contributed by atoms with Gasteiger partial charge in [-0.2, -0.15) is 5.26 Å². The Morgan fingerprint density at radius 3 is 2.37 bits per heavy atom. The number of nitrogens with two attached hydrogens (primary N) is 1. The number of rotatable bonds is 4. The molecule has 1 heterocycles. The highest BCUT2D eigenvalue weighted by atomic mass is 15.3. The molecule has 2 aliphatic rings. The van der Waals surface area contributed by atoms with Crippen LogP contribution >= 0.6 is 0 Å². The second kappa shape index (κ2) is 6.21. The van der Waals surface area contributed by atoms with Crippen molar-refractivity contribution in [1.82, 2.24) is 9.80 Å². The Morgan fingerprint density at radius 1 is 1.26 bits per heavy atom. The molecule has 4 heteroatoms. The van der Waals surface area contributed by atoms with Gasteiger partial charge >= 0.3 is 0 Å². The van der Waals surface area contributed by atoms with Crippen LogP contribution in [0.5, 0.6) is 0 Å². The molecule has 2 unspecified atom stereocenters. The fraction of sp³-hybridized carbons (Fsp3) is 0.933. The Bertz CT molecular complexity index is 320. The number of hydrogen-bond acceptors (Lipinski definition) is 4. The van der Waals surface area contributed by atoms with Crippen LogP contribution in [0.4, 0.5) is 0 Å². The summed E-state index contributed by atoms with van der Waals surface area (Å²) >= 11 is 0. The molecule has 2 atom stereocenters. The van der Waals surface area contributed by atoms with E-state index in [4.69, 9.17) is 11.0 Å². The molecule has 19 heavy (non-hydrogen) atoms. The van der Waals surface area contributed by atoms with Crippen LogP contribution < -0.4 is 5.73 Å². The zero-order valence-corrected chi connectivity index (χ0v) is 12.4. The van der Waals surface area contributed by atoms with Crippen LogP contribution in [0.2, 0.25) is 0 Å². The second-order valence-corrected chi connectivity index (χ2v) is 6.59. The predicted molar refractivity (Wildman–Crippen MR) is 77.7 cm³/mol. The van der Waals surface area contributed by atoms with Gasteiger partial charge < -0.3 is 5.73 Å². The highest BCUT2D eigenvalue weighted by Gasteiger charge is 2.30. The summed E-state index contributed by atoms with van der Waals surface area (Å²) in [5.41, 5.74) is 5.26. The van der Waals surface area contributed by atoms with Gasteiger partial charge in [-0.1, -0.05) is 12.8 Å². The lowest BCUT2D eigenvalue weighted by atomic mass is 9.95. The predicted octanol–water partition coefficient (Wildman–Crippen LogP) is 1.57. The Hall–Kier alpha value is -0.630. The molecule has 1 saturated heterocycles. The zero-order chi connectivity index (χ0) is 13.9. The van der Waals surface area contributed by atoms with Gasteiger partial charge in [0.1, 0.15) is 5.54 Å². The van der Waals surface area contributed by atoms with Crippen molar-refractivity contribution in [2.45, 2.75) is 63.6 Å². The summed E-state index contributed by atoms with van der Waals surface area (Å²) in [6.07, 6.45) is 6.37. The van der Waals surface area contributed by atoms with Crippen molar-refractivity contribution in [3.8, 4) is 6.07 Å². The maximum Gasteiger partial charge on any atom is 0.102 e. The molecule has 2 N–H and O–H groups in total. The maximum absolute atomic E-state index is 9.03. The molecule has 0 amide bonds. The van der Waals surface area contributed by atoms with E-state index in [-0.39, 0.29) is 0 Å². The SMILES string of the molecule is CC(CC(C)(N)C#N)N1CCN(C2CCCC2)CC1. The molecule has 0 aromatic heterocycles. The van der Waals surface area contributed by atoms with E-state index in [0.717, 1.165) is 25.6 Å². The first-order valence-corrected chi connectivity index (χ1v) is 7.70. The Kier molecular flexibility index (Phi) is 4.83. The van der Waals surface area contributed by atoms with Crippen LogP contribution in [0.25, 0.3) is 0 Å². The average molecular weight is 264 g/mol. The van der Waals surface area contributed by atoms with Crippen LogP contribution in [-0.4, -0.2) is 53.6 Å². The smallest absolute Gasteiger partial charge is 0.102 e. The molecule has 4 nitrogen and oxygen atoms in total. The maximum atomic E-state index is 9.03. The Labute approximate surface area is 117 Å². The van der Waals surface area contributed by atoms with Crippen molar-refractivity contribution in [3.05, 3.63) is 0 Å². The van der Waals surface area contributed by atoms with E-state index >= 15 is 0 Å². The van der Waals surface area contributed by atoms with Gasteiger partial charge in [-0.25, -0.2) is 0 Å². The van der Waals surface area contributed by atoms with E-state index in [1.54, 1.807) is 0 Å². The van der Waals surface area contributed by atoms with Crippen molar-refractivity contribution in [3.63, 3.8) is 0 Å². The van der Waals surface area contributed by atoms with Crippen LogP contribution in [0.3, 0.4) is 0 Å². The zero-order valence-electron chi connectivity index (χ0n) is 12.4. The molecule has 108 valence electrons. The topological polar surface area (TPSA) is 56.3 Å². The summed E-state index contributed by atoms with van der Waals surface area (Å²) in [5, 5.41) is 9.03. The summed E-state index contributed by atoms with van der Waals surface area (Å²) in [4.78, 5) is 5.16. The first-order valence-electron chi connectivity index (χ1n) is 7.70. The first-order chi connectivity index (χ1) is 9.02. The lowest BCUT2D eigenvalue weighted by molar-refractivity contribution is 0.0688. The van der Waals surface area contributed by atoms with Gasteiger partial charge in [-0.05, 0) is 33.1 Å².